The lowest BCUT2D eigenvalue weighted by molar-refractivity contribution is -0.127. The Morgan fingerprint density at radius 3 is 2.49 bits per heavy atom. The number of rotatable bonds is 9. The van der Waals surface area contributed by atoms with Crippen molar-refractivity contribution >= 4 is 27.5 Å². The van der Waals surface area contributed by atoms with Crippen LogP contribution in [0.2, 0.25) is 0 Å². The maximum atomic E-state index is 14.0. The number of ether oxygens (including phenoxy) is 2. The molecule has 0 radical (unpaired) electrons. The molecule has 1 atom stereocenters. The first-order valence-corrected chi connectivity index (χ1v) is 13.4. The van der Waals surface area contributed by atoms with E-state index in [9.17, 15) is 18.0 Å². The fourth-order valence-electron chi connectivity index (χ4n) is 4.06. The van der Waals surface area contributed by atoms with Crippen LogP contribution in [0.15, 0.2) is 77.7 Å². The Bertz CT molecular complexity index is 1380. The topological polar surface area (TPSA) is 114 Å². The number of para-hydroxylation sites is 2. The third-order valence-corrected chi connectivity index (χ3v) is 7.72. The van der Waals surface area contributed by atoms with Crippen molar-refractivity contribution in [1.82, 2.24) is 10.6 Å². The second-order valence-electron chi connectivity index (χ2n) is 8.36. The second kappa shape index (κ2) is 11.3. The summed E-state index contributed by atoms with van der Waals surface area (Å²) in [6.07, 6.45) is -0.445. The standard InChI is InChI=1S/C27H29N3O6S/c1-3-28-26(31)20-13-14-23(35-2)25(17-20)37(33,34)30-18-24(36-22-12-8-7-11-21(22)30)27(32)29-16-15-19-9-5-4-6-10-19/h4-14,17,24H,3,15-16,18H2,1-2H3,(H,28,31)(H,29,32)/t24-/m0/s1. The van der Waals surface area contributed by atoms with Gasteiger partial charge in [-0.25, -0.2) is 8.42 Å². The molecule has 10 heteroatoms. The van der Waals surface area contributed by atoms with Gasteiger partial charge in [0, 0.05) is 18.7 Å². The third-order valence-electron chi connectivity index (χ3n) is 5.91. The highest BCUT2D eigenvalue weighted by Gasteiger charge is 2.38. The van der Waals surface area contributed by atoms with Crippen LogP contribution in [0.4, 0.5) is 5.69 Å². The first kappa shape index (κ1) is 26.0. The molecule has 1 aliphatic rings. The van der Waals surface area contributed by atoms with Crippen molar-refractivity contribution in [2.45, 2.75) is 24.3 Å². The predicted octanol–water partition coefficient (Wildman–Crippen LogP) is 2.76. The molecule has 194 valence electrons. The minimum absolute atomic E-state index is 0.0842. The number of benzene rings is 3. The molecular weight excluding hydrogens is 494 g/mol. The fraction of sp³-hybridized carbons (Fsp3) is 0.259. The number of anilines is 1. The number of sulfonamides is 1. The Morgan fingerprint density at radius 1 is 1.03 bits per heavy atom. The van der Waals surface area contributed by atoms with Crippen molar-refractivity contribution in [2.75, 3.05) is 31.0 Å². The van der Waals surface area contributed by atoms with Crippen molar-refractivity contribution < 1.29 is 27.5 Å². The number of hydrogen-bond donors (Lipinski definition) is 2. The lowest BCUT2D eigenvalue weighted by Crippen LogP contribution is -2.51. The van der Waals surface area contributed by atoms with Crippen molar-refractivity contribution in [2.24, 2.45) is 0 Å². The van der Waals surface area contributed by atoms with Crippen LogP contribution in [0.25, 0.3) is 0 Å². The molecule has 0 saturated carbocycles. The molecule has 3 aromatic rings. The summed E-state index contributed by atoms with van der Waals surface area (Å²) in [6.45, 7) is 2.30. The van der Waals surface area contributed by atoms with Gasteiger partial charge in [0.2, 0.25) is 0 Å². The van der Waals surface area contributed by atoms with E-state index in [4.69, 9.17) is 9.47 Å². The zero-order chi connectivity index (χ0) is 26.4. The van der Waals surface area contributed by atoms with Crippen LogP contribution < -0.4 is 24.4 Å². The Kier molecular flexibility index (Phi) is 7.98. The number of nitrogens with one attached hydrogen (secondary N) is 2. The van der Waals surface area contributed by atoms with Crippen LogP contribution in [0, 0.1) is 0 Å². The van der Waals surface area contributed by atoms with E-state index in [0.29, 0.717) is 25.2 Å². The molecule has 2 amide bonds. The minimum atomic E-state index is -4.25. The molecule has 1 aliphatic heterocycles. The van der Waals surface area contributed by atoms with Gasteiger partial charge < -0.3 is 20.1 Å². The Hall–Kier alpha value is -4.05. The smallest absolute Gasteiger partial charge is 0.268 e. The van der Waals surface area contributed by atoms with Crippen LogP contribution in [-0.4, -0.2) is 53.1 Å². The Morgan fingerprint density at radius 2 is 1.76 bits per heavy atom. The van der Waals surface area contributed by atoms with Gasteiger partial charge in [0.15, 0.2) is 6.10 Å². The SMILES string of the molecule is CCNC(=O)c1ccc(OC)c(S(=O)(=O)N2C[C@@H](C(=O)NCCc3ccccc3)Oc3ccccc32)c1. The first-order valence-electron chi connectivity index (χ1n) is 11.9. The summed E-state index contributed by atoms with van der Waals surface area (Å²) in [4.78, 5) is 25.2. The van der Waals surface area contributed by atoms with Gasteiger partial charge in [-0.3, -0.25) is 13.9 Å². The molecule has 0 saturated heterocycles. The Labute approximate surface area is 216 Å². The largest absolute Gasteiger partial charge is 0.495 e. The molecule has 0 aromatic heterocycles. The number of methoxy groups -OCH3 is 1. The third kappa shape index (κ3) is 5.69. The quantitative estimate of drug-likeness (QED) is 0.446. The summed E-state index contributed by atoms with van der Waals surface area (Å²) in [6, 6.07) is 20.6. The number of nitrogens with zero attached hydrogens (tertiary/aromatic N) is 1. The van der Waals surface area contributed by atoms with Crippen LogP contribution >= 0.6 is 0 Å². The van der Waals surface area contributed by atoms with Crippen LogP contribution in [0.1, 0.15) is 22.8 Å². The van der Waals surface area contributed by atoms with Crippen LogP contribution in [-0.2, 0) is 21.2 Å². The molecule has 3 aromatic carbocycles. The van der Waals surface area contributed by atoms with E-state index in [2.05, 4.69) is 10.6 Å². The van der Waals surface area contributed by atoms with Crippen molar-refractivity contribution in [3.63, 3.8) is 0 Å². The van der Waals surface area contributed by atoms with Crippen LogP contribution in [0.5, 0.6) is 11.5 Å². The van der Waals surface area contributed by atoms with Gasteiger partial charge in [-0.05, 0) is 49.2 Å². The van der Waals surface area contributed by atoms with Gasteiger partial charge in [0.25, 0.3) is 21.8 Å². The van der Waals surface area contributed by atoms with E-state index in [1.54, 1.807) is 31.2 Å². The number of carbonyl (C=O) groups is 2. The summed E-state index contributed by atoms with van der Waals surface area (Å²) >= 11 is 0. The van der Waals surface area contributed by atoms with Gasteiger partial charge in [-0.15, -0.1) is 0 Å². The average molecular weight is 524 g/mol. The van der Waals surface area contributed by atoms with Gasteiger partial charge in [0.05, 0.1) is 19.3 Å². The summed E-state index contributed by atoms with van der Waals surface area (Å²) in [5.41, 5.74) is 1.54. The minimum Gasteiger partial charge on any atom is -0.495 e. The maximum Gasteiger partial charge on any atom is 0.268 e. The van der Waals surface area contributed by atoms with E-state index in [0.717, 1.165) is 9.87 Å². The molecule has 0 aliphatic carbocycles. The average Bonchev–Trinajstić information content (AvgIpc) is 2.92. The molecule has 0 bridgehead atoms. The second-order valence-corrected chi connectivity index (χ2v) is 10.2. The maximum absolute atomic E-state index is 14.0. The molecule has 2 N–H and O–H groups in total. The fourth-order valence-corrected chi connectivity index (χ4v) is 5.72. The van der Waals surface area contributed by atoms with E-state index in [-0.39, 0.29) is 28.5 Å². The number of carbonyl (C=O) groups excluding carboxylic acids is 2. The lowest BCUT2D eigenvalue weighted by Gasteiger charge is -2.35. The van der Waals surface area contributed by atoms with Crippen LogP contribution in [0.3, 0.4) is 0 Å². The molecule has 4 rings (SSSR count). The molecule has 1 heterocycles. The number of amides is 2. The summed E-state index contributed by atoms with van der Waals surface area (Å²) in [5, 5.41) is 5.51. The van der Waals surface area contributed by atoms with E-state index in [1.807, 2.05) is 30.3 Å². The molecule has 0 fully saturated rings. The zero-order valence-corrected chi connectivity index (χ0v) is 21.5. The number of fused-ring (bicyclic) bond motifs is 1. The summed E-state index contributed by atoms with van der Waals surface area (Å²) in [7, 11) is -2.89. The van der Waals surface area contributed by atoms with E-state index in [1.165, 1.54) is 25.3 Å². The van der Waals surface area contributed by atoms with Crippen molar-refractivity contribution in [3.8, 4) is 11.5 Å². The van der Waals surface area contributed by atoms with Crippen molar-refractivity contribution in [1.29, 1.82) is 0 Å². The van der Waals surface area contributed by atoms with Gasteiger partial charge in [0.1, 0.15) is 16.4 Å². The van der Waals surface area contributed by atoms with Gasteiger partial charge >= 0.3 is 0 Å². The van der Waals surface area contributed by atoms with Gasteiger partial charge in [-0.2, -0.15) is 0 Å². The van der Waals surface area contributed by atoms with E-state index >= 15 is 0 Å². The normalized spacial score (nSPS) is 14.8. The molecule has 9 nitrogen and oxygen atoms in total. The highest BCUT2D eigenvalue weighted by atomic mass is 32.2. The Balaban J connectivity index is 1.62. The number of hydrogen-bond acceptors (Lipinski definition) is 6. The monoisotopic (exact) mass is 523 g/mol. The molecular formula is C27H29N3O6S. The lowest BCUT2D eigenvalue weighted by atomic mass is 10.1. The molecule has 0 unspecified atom stereocenters. The van der Waals surface area contributed by atoms with E-state index < -0.39 is 27.9 Å². The highest BCUT2D eigenvalue weighted by Crippen LogP contribution is 2.39. The molecule has 0 spiro atoms. The molecule has 37 heavy (non-hydrogen) atoms. The highest BCUT2D eigenvalue weighted by molar-refractivity contribution is 7.93. The van der Waals surface area contributed by atoms with Crippen molar-refractivity contribution in [3.05, 3.63) is 83.9 Å². The zero-order valence-electron chi connectivity index (χ0n) is 20.6. The van der Waals surface area contributed by atoms with Gasteiger partial charge in [-0.1, -0.05) is 42.5 Å². The first-order chi connectivity index (χ1) is 17.8. The summed E-state index contributed by atoms with van der Waals surface area (Å²) in [5.74, 6) is -0.478. The predicted molar refractivity (Wildman–Crippen MR) is 140 cm³/mol. The summed E-state index contributed by atoms with van der Waals surface area (Å²) < 4.78 is 40.3.